The van der Waals surface area contributed by atoms with Crippen LogP contribution in [-0.4, -0.2) is 62.1 Å². The molecule has 142 valence electrons. The lowest BCUT2D eigenvalue weighted by Gasteiger charge is -2.33. The lowest BCUT2D eigenvalue weighted by Crippen LogP contribution is -3.29. The zero-order chi connectivity index (χ0) is 18.8. The van der Waals surface area contributed by atoms with E-state index < -0.39 is 0 Å². The summed E-state index contributed by atoms with van der Waals surface area (Å²) in [5.74, 6) is -0.0440. The van der Waals surface area contributed by atoms with Crippen molar-refractivity contribution in [1.29, 1.82) is 0 Å². The summed E-state index contributed by atoms with van der Waals surface area (Å²) in [7, 11) is 0. The van der Waals surface area contributed by atoms with Gasteiger partial charge in [-0.1, -0.05) is 42.5 Å². The van der Waals surface area contributed by atoms with Crippen LogP contribution < -0.4 is 15.1 Å². The van der Waals surface area contributed by atoms with E-state index in [1.165, 1.54) is 26.1 Å². The first-order chi connectivity index (χ1) is 13.1. The Labute approximate surface area is 159 Å². The number of hydrogen-bond donors (Lipinski definition) is 3. The number of quaternary nitrogens is 2. The number of carbonyl (C=O) groups excluding carboxylic acids is 2. The van der Waals surface area contributed by atoms with Crippen LogP contribution in [0.3, 0.4) is 0 Å². The quantitative estimate of drug-likeness (QED) is 0.653. The summed E-state index contributed by atoms with van der Waals surface area (Å²) in [6, 6.07) is 14.7. The summed E-state index contributed by atoms with van der Waals surface area (Å²) < 4.78 is 0. The number of hydrogen-bond acceptors (Lipinski definition) is 2. The predicted molar refractivity (Wildman–Crippen MR) is 104 cm³/mol. The Bertz CT molecular complexity index is 840. The van der Waals surface area contributed by atoms with Crippen LogP contribution in [0.1, 0.15) is 12.5 Å². The average molecular weight is 368 g/mol. The molecule has 0 unspecified atom stereocenters. The summed E-state index contributed by atoms with van der Waals surface area (Å²) in [6.07, 6.45) is 0. The third-order valence-corrected chi connectivity index (χ3v) is 6.03. The minimum atomic E-state index is -0.244. The molecule has 0 saturated carbocycles. The molecule has 0 spiro atoms. The van der Waals surface area contributed by atoms with Crippen molar-refractivity contribution in [2.45, 2.75) is 19.5 Å². The van der Waals surface area contributed by atoms with E-state index in [0.717, 1.165) is 32.7 Å². The van der Waals surface area contributed by atoms with Gasteiger partial charge in [0.15, 0.2) is 6.04 Å². The maximum absolute atomic E-state index is 12.6. The normalized spacial score (nSPS) is 24.0. The van der Waals surface area contributed by atoms with Crippen LogP contribution >= 0.6 is 0 Å². The van der Waals surface area contributed by atoms with E-state index in [1.54, 1.807) is 4.90 Å². The highest BCUT2D eigenvalue weighted by Crippen LogP contribution is 2.17. The maximum atomic E-state index is 12.6. The van der Waals surface area contributed by atoms with Crippen LogP contribution in [0.2, 0.25) is 0 Å². The van der Waals surface area contributed by atoms with Crippen molar-refractivity contribution in [2.75, 3.05) is 39.3 Å². The fraction of sp³-hybridized carbons (Fsp3) is 0.429. The molecule has 6 heteroatoms. The molecule has 2 aliphatic rings. The number of nitrogens with one attached hydrogen (secondary N) is 3. The third kappa shape index (κ3) is 3.68. The van der Waals surface area contributed by atoms with Crippen molar-refractivity contribution >= 4 is 22.7 Å². The fourth-order valence-electron chi connectivity index (χ4n) is 4.34. The second kappa shape index (κ2) is 7.66. The minimum absolute atomic E-state index is 0.0440. The van der Waals surface area contributed by atoms with E-state index in [4.69, 9.17) is 0 Å². The van der Waals surface area contributed by atoms with Crippen LogP contribution in [0.15, 0.2) is 42.5 Å². The number of nitrogens with zero attached hydrogens (tertiary/aromatic N) is 1. The zero-order valence-corrected chi connectivity index (χ0v) is 15.8. The van der Waals surface area contributed by atoms with Crippen molar-refractivity contribution in [1.82, 2.24) is 10.2 Å². The molecule has 0 aromatic heterocycles. The van der Waals surface area contributed by atoms with Crippen molar-refractivity contribution in [3.8, 4) is 0 Å². The molecule has 1 atom stereocenters. The fourth-order valence-corrected chi connectivity index (χ4v) is 4.34. The van der Waals surface area contributed by atoms with Gasteiger partial charge in [-0.25, -0.2) is 4.79 Å². The highest BCUT2D eigenvalue weighted by molar-refractivity contribution is 5.97. The van der Waals surface area contributed by atoms with Gasteiger partial charge in [-0.3, -0.25) is 9.69 Å². The second-order valence-electron chi connectivity index (χ2n) is 7.67. The van der Waals surface area contributed by atoms with E-state index in [2.05, 4.69) is 47.8 Å². The highest BCUT2D eigenvalue weighted by Gasteiger charge is 2.37. The van der Waals surface area contributed by atoms with Crippen LogP contribution in [0.4, 0.5) is 4.79 Å². The summed E-state index contributed by atoms with van der Waals surface area (Å²) in [6.45, 7) is 8.05. The highest BCUT2D eigenvalue weighted by atomic mass is 16.2. The first-order valence-corrected chi connectivity index (χ1v) is 9.87. The molecule has 0 bridgehead atoms. The van der Waals surface area contributed by atoms with Gasteiger partial charge in [0.2, 0.25) is 0 Å². The molecule has 27 heavy (non-hydrogen) atoms. The van der Waals surface area contributed by atoms with Crippen molar-refractivity contribution < 1.29 is 19.4 Å². The van der Waals surface area contributed by atoms with Gasteiger partial charge in [0.25, 0.3) is 5.91 Å². The molecule has 2 aromatic carbocycles. The van der Waals surface area contributed by atoms with Gasteiger partial charge >= 0.3 is 6.03 Å². The molecule has 3 N–H and O–H groups in total. The lowest BCUT2D eigenvalue weighted by molar-refractivity contribution is -1.02. The molecule has 2 aromatic rings. The standard InChI is InChI=1S/C21H26N4O2/c1-16(20(26)25-10-9-22-21(25)27)24-13-11-23(12-14-24)15-18-7-4-6-17-5-2-3-8-19(17)18/h2-8,16H,9-15H2,1H3,(H,22,27)/p+2/t16-/m0/s1. The van der Waals surface area contributed by atoms with Gasteiger partial charge in [0.05, 0.1) is 0 Å². The third-order valence-electron chi connectivity index (χ3n) is 6.03. The van der Waals surface area contributed by atoms with Crippen LogP contribution in [0, 0.1) is 0 Å². The number of piperazine rings is 1. The predicted octanol–water partition coefficient (Wildman–Crippen LogP) is -0.936. The van der Waals surface area contributed by atoms with E-state index >= 15 is 0 Å². The zero-order valence-electron chi connectivity index (χ0n) is 15.8. The van der Waals surface area contributed by atoms with Gasteiger partial charge < -0.3 is 15.1 Å². The van der Waals surface area contributed by atoms with Gasteiger partial charge in [-0.05, 0) is 17.7 Å². The molecule has 4 rings (SSSR count). The summed E-state index contributed by atoms with van der Waals surface area (Å²) in [4.78, 5) is 28.6. The second-order valence-corrected chi connectivity index (χ2v) is 7.67. The summed E-state index contributed by atoms with van der Waals surface area (Å²) >= 11 is 0. The van der Waals surface area contributed by atoms with Gasteiger partial charge in [0, 0.05) is 18.7 Å². The lowest BCUT2D eigenvalue weighted by atomic mass is 10.0. The number of rotatable bonds is 4. The largest absolute Gasteiger partial charge is 0.336 e. The topological polar surface area (TPSA) is 58.3 Å². The average Bonchev–Trinajstić information content (AvgIpc) is 3.13. The molecular formula is C21H28N4O2+2. The molecule has 3 amide bonds. The molecule has 2 saturated heterocycles. The minimum Gasteiger partial charge on any atom is -0.336 e. The Morgan fingerprint density at radius 3 is 2.59 bits per heavy atom. The Hall–Kier alpha value is -2.44. The number of imide groups is 1. The van der Waals surface area contributed by atoms with Crippen molar-refractivity contribution in [3.63, 3.8) is 0 Å². The van der Waals surface area contributed by atoms with Gasteiger partial charge in [0.1, 0.15) is 32.7 Å². The van der Waals surface area contributed by atoms with Crippen molar-refractivity contribution in [2.24, 2.45) is 0 Å². The Morgan fingerprint density at radius 2 is 1.85 bits per heavy atom. The first kappa shape index (κ1) is 17.9. The number of carbonyl (C=O) groups is 2. The number of amides is 3. The van der Waals surface area contributed by atoms with E-state index in [1.807, 2.05) is 6.92 Å². The number of fused-ring (bicyclic) bond motifs is 1. The smallest absolute Gasteiger partial charge is 0.324 e. The molecule has 2 fully saturated rings. The SMILES string of the molecule is C[C@@H](C(=O)N1CCNC1=O)[NH+]1CC[NH+](Cc2cccc3ccccc23)CC1. The Balaban J connectivity index is 1.36. The van der Waals surface area contributed by atoms with Crippen LogP contribution in [0.5, 0.6) is 0 Å². The number of benzene rings is 2. The summed E-state index contributed by atoms with van der Waals surface area (Å²) in [5.41, 5.74) is 1.39. The maximum Gasteiger partial charge on any atom is 0.324 e. The monoisotopic (exact) mass is 368 g/mol. The molecule has 2 heterocycles. The Morgan fingerprint density at radius 1 is 1.11 bits per heavy atom. The number of urea groups is 1. The summed E-state index contributed by atoms with van der Waals surface area (Å²) in [5, 5.41) is 5.34. The molecule has 0 radical (unpaired) electrons. The van der Waals surface area contributed by atoms with E-state index in [-0.39, 0.29) is 18.0 Å². The Kier molecular flexibility index (Phi) is 5.09. The van der Waals surface area contributed by atoms with Gasteiger partial charge in [-0.15, -0.1) is 0 Å². The van der Waals surface area contributed by atoms with Gasteiger partial charge in [-0.2, -0.15) is 0 Å². The molecule has 6 nitrogen and oxygen atoms in total. The first-order valence-electron chi connectivity index (χ1n) is 9.87. The molecule has 0 aliphatic carbocycles. The van der Waals surface area contributed by atoms with Crippen molar-refractivity contribution in [3.05, 3.63) is 48.0 Å². The van der Waals surface area contributed by atoms with E-state index in [0.29, 0.717) is 13.1 Å². The molecular weight excluding hydrogens is 340 g/mol. The van der Waals surface area contributed by atoms with Crippen LogP contribution in [-0.2, 0) is 11.3 Å². The van der Waals surface area contributed by atoms with E-state index in [9.17, 15) is 9.59 Å². The molecule has 2 aliphatic heterocycles. The van der Waals surface area contributed by atoms with Crippen LogP contribution in [0.25, 0.3) is 10.8 Å².